The molecule has 1 unspecified atom stereocenters. The van der Waals surface area contributed by atoms with Gasteiger partial charge in [-0.1, -0.05) is 17.4 Å². The third kappa shape index (κ3) is 3.67. The van der Waals surface area contributed by atoms with Crippen molar-refractivity contribution in [3.05, 3.63) is 59.8 Å². The molecule has 0 saturated heterocycles. The van der Waals surface area contributed by atoms with Crippen molar-refractivity contribution in [3.63, 3.8) is 0 Å². The fourth-order valence-corrected chi connectivity index (χ4v) is 5.14. The van der Waals surface area contributed by atoms with Crippen molar-refractivity contribution in [3.8, 4) is 22.6 Å². The Bertz CT molecular complexity index is 1430. The van der Waals surface area contributed by atoms with Gasteiger partial charge < -0.3 is 25.4 Å². The normalized spacial score (nSPS) is 17.2. The number of pyridine rings is 1. The molecule has 0 bridgehead atoms. The van der Waals surface area contributed by atoms with Crippen LogP contribution in [-0.4, -0.2) is 47.1 Å². The standard InChI is InChI=1S/C25H24N6O2S/c1-14-28-20-11-18(32-2)4-5-19(20)23(29-14)31-7-8-33-22-6-3-15(9-17(22)13-31)16-10-21-24(27-12-16)34-25(26)30-21/h3-6,9-12,14,28H,7-8,13H2,1-2H3,(H2,26,30). The molecule has 9 heteroatoms. The van der Waals surface area contributed by atoms with Crippen molar-refractivity contribution >= 4 is 38.3 Å². The van der Waals surface area contributed by atoms with Crippen LogP contribution in [0.5, 0.6) is 11.5 Å². The van der Waals surface area contributed by atoms with E-state index in [9.17, 15) is 0 Å². The summed E-state index contributed by atoms with van der Waals surface area (Å²) in [4.78, 5) is 17.0. The molecule has 34 heavy (non-hydrogen) atoms. The molecule has 0 amide bonds. The zero-order chi connectivity index (χ0) is 23.2. The minimum absolute atomic E-state index is 0.0343. The van der Waals surface area contributed by atoms with E-state index in [2.05, 4.69) is 45.3 Å². The molecule has 2 aromatic carbocycles. The predicted octanol–water partition coefficient (Wildman–Crippen LogP) is 4.36. The van der Waals surface area contributed by atoms with Gasteiger partial charge in [-0.25, -0.2) is 15.0 Å². The van der Waals surface area contributed by atoms with Gasteiger partial charge in [-0.2, -0.15) is 0 Å². The number of thiazole rings is 1. The number of nitrogens with two attached hydrogens (primary N) is 1. The molecule has 0 saturated carbocycles. The molecule has 8 nitrogen and oxygen atoms in total. The zero-order valence-corrected chi connectivity index (χ0v) is 19.7. The third-order valence-electron chi connectivity index (χ3n) is 6.09. The quantitative estimate of drug-likeness (QED) is 0.447. The highest BCUT2D eigenvalue weighted by atomic mass is 32.1. The van der Waals surface area contributed by atoms with Crippen molar-refractivity contribution in [2.75, 3.05) is 31.3 Å². The van der Waals surface area contributed by atoms with E-state index in [0.717, 1.165) is 62.2 Å². The minimum atomic E-state index is -0.0343. The van der Waals surface area contributed by atoms with E-state index in [1.165, 1.54) is 11.3 Å². The summed E-state index contributed by atoms with van der Waals surface area (Å²) in [7, 11) is 1.68. The van der Waals surface area contributed by atoms with Crippen LogP contribution in [0.1, 0.15) is 18.1 Å². The van der Waals surface area contributed by atoms with Gasteiger partial charge in [0, 0.05) is 35.5 Å². The van der Waals surface area contributed by atoms with Crippen LogP contribution in [0.4, 0.5) is 10.8 Å². The number of nitrogens with zero attached hydrogens (tertiary/aromatic N) is 4. The second-order valence-electron chi connectivity index (χ2n) is 8.38. The van der Waals surface area contributed by atoms with Crippen LogP contribution >= 0.6 is 11.3 Å². The molecule has 172 valence electrons. The molecule has 0 aliphatic carbocycles. The molecule has 0 spiro atoms. The second-order valence-corrected chi connectivity index (χ2v) is 9.39. The molecular weight excluding hydrogens is 448 g/mol. The SMILES string of the molecule is COc1ccc2c(c1)NC(C)N=C2N1CCOc2ccc(-c3cnc4sc(N)nc4c3)cc2C1. The maximum atomic E-state index is 6.11. The largest absolute Gasteiger partial charge is 0.497 e. The molecule has 2 aliphatic heterocycles. The van der Waals surface area contributed by atoms with Crippen molar-refractivity contribution in [1.82, 2.24) is 14.9 Å². The Balaban J connectivity index is 1.35. The molecule has 0 fully saturated rings. The minimum Gasteiger partial charge on any atom is -0.497 e. The summed E-state index contributed by atoms with van der Waals surface area (Å²) in [5, 5.41) is 3.97. The smallest absolute Gasteiger partial charge is 0.182 e. The first-order valence-electron chi connectivity index (χ1n) is 11.1. The average Bonchev–Trinajstić information content (AvgIpc) is 3.08. The number of hydrogen-bond acceptors (Lipinski definition) is 9. The van der Waals surface area contributed by atoms with E-state index >= 15 is 0 Å². The fourth-order valence-electron chi connectivity index (χ4n) is 4.48. The molecule has 4 heterocycles. The lowest BCUT2D eigenvalue weighted by Crippen LogP contribution is -2.37. The molecule has 3 N–H and O–H groups in total. The summed E-state index contributed by atoms with van der Waals surface area (Å²) in [5.41, 5.74) is 11.9. The number of hydrogen-bond donors (Lipinski definition) is 2. The first kappa shape index (κ1) is 20.7. The third-order valence-corrected chi connectivity index (χ3v) is 6.89. The summed E-state index contributed by atoms with van der Waals surface area (Å²) in [5.74, 6) is 2.68. The maximum Gasteiger partial charge on any atom is 0.182 e. The van der Waals surface area contributed by atoms with Crippen molar-refractivity contribution in [2.45, 2.75) is 19.6 Å². The van der Waals surface area contributed by atoms with Crippen molar-refractivity contribution in [2.24, 2.45) is 4.99 Å². The van der Waals surface area contributed by atoms with Gasteiger partial charge in [0.05, 0.1) is 19.3 Å². The number of methoxy groups -OCH3 is 1. The predicted molar refractivity (Wildman–Crippen MR) is 136 cm³/mol. The number of aromatic nitrogens is 2. The van der Waals surface area contributed by atoms with E-state index in [-0.39, 0.29) is 6.17 Å². The van der Waals surface area contributed by atoms with Gasteiger partial charge in [0.25, 0.3) is 0 Å². The Morgan fingerprint density at radius 2 is 2.09 bits per heavy atom. The molecular formula is C25H24N6O2S. The van der Waals surface area contributed by atoms with Crippen LogP contribution in [0.2, 0.25) is 0 Å². The molecule has 2 aromatic heterocycles. The Labute approximate surface area is 201 Å². The molecule has 0 radical (unpaired) electrons. The molecule has 2 aliphatic rings. The van der Waals surface area contributed by atoms with Crippen LogP contribution in [-0.2, 0) is 6.54 Å². The highest BCUT2D eigenvalue weighted by molar-refractivity contribution is 7.21. The lowest BCUT2D eigenvalue weighted by atomic mass is 10.0. The van der Waals surface area contributed by atoms with Gasteiger partial charge in [0.2, 0.25) is 0 Å². The van der Waals surface area contributed by atoms with Crippen LogP contribution < -0.4 is 20.5 Å². The van der Waals surface area contributed by atoms with E-state index < -0.39 is 0 Å². The number of anilines is 2. The summed E-state index contributed by atoms with van der Waals surface area (Å²) in [6.45, 7) is 4.08. The Morgan fingerprint density at radius 3 is 2.97 bits per heavy atom. The topological polar surface area (TPSA) is 97.9 Å². The van der Waals surface area contributed by atoms with Crippen LogP contribution in [0.25, 0.3) is 21.5 Å². The first-order valence-corrected chi connectivity index (χ1v) is 11.9. The van der Waals surface area contributed by atoms with Gasteiger partial charge in [-0.05, 0) is 42.8 Å². The Kier molecular flexibility index (Phi) is 4.99. The van der Waals surface area contributed by atoms with Gasteiger partial charge in [0.1, 0.15) is 40.5 Å². The van der Waals surface area contributed by atoms with E-state index in [0.29, 0.717) is 18.3 Å². The first-order chi connectivity index (χ1) is 16.6. The number of aliphatic imine (C=N–C) groups is 1. The van der Waals surface area contributed by atoms with Crippen molar-refractivity contribution in [1.29, 1.82) is 0 Å². The van der Waals surface area contributed by atoms with Crippen LogP contribution in [0.3, 0.4) is 0 Å². The van der Waals surface area contributed by atoms with Crippen LogP contribution in [0.15, 0.2) is 53.7 Å². The number of nitrogen functional groups attached to an aromatic ring is 1. The Morgan fingerprint density at radius 1 is 1.18 bits per heavy atom. The lowest BCUT2D eigenvalue weighted by Gasteiger charge is -2.31. The summed E-state index contributed by atoms with van der Waals surface area (Å²) in [6.07, 6.45) is 1.84. The number of nitrogens with one attached hydrogen (secondary N) is 1. The van der Waals surface area contributed by atoms with Gasteiger partial charge in [0.15, 0.2) is 5.13 Å². The number of benzene rings is 2. The van der Waals surface area contributed by atoms with Crippen LogP contribution in [0, 0.1) is 0 Å². The number of amidine groups is 1. The monoisotopic (exact) mass is 472 g/mol. The average molecular weight is 473 g/mol. The van der Waals surface area contributed by atoms with E-state index in [1.54, 1.807) is 7.11 Å². The number of fused-ring (bicyclic) bond motifs is 3. The van der Waals surface area contributed by atoms with Crippen molar-refractivity contribution < 1.29 is 9.47 Å². The molecule has 4 aromatic rings. The summed E-state index contributed by atoms with van der Waals surface area (Å²) in [6, 6.07) is 14.4. The highest BCUT2D eigenvalue weighted by Gasteiger charge is 2.26. The highest BCUT2D eigenvalue weighted by Crippen LogP contribution is 2.34. The van der Waals surface area contributed by atoms with E-state index in [4.69, 9.17) is 20.2 Å². The van der Waals surface area contributed by atoms with Gasteiger partial charge in [-0.3, -0.25) is 0 Å². The van der Waals surface area contributed by atoms with Gasteiger partial charge in [-0.15, -0.1) is 0 Å². The number of rotatable bonds is 2. The van der Waals surface area contributed by atoms with Gasteiger partial charge >= 0.3 is 0 Å². The summed E-state index contributed by atoms with van der Waals surface area (Å²) < 4.78 is 11.5. The Hall–Kier alpha value is -3.85. The molecule has 1 atom stereocenters. The fraction of sp³-hybridized carbons (Fsp3) is 0.240. The number of ether oxygens (including phenoxy) is 2. The second kappa shape index (κ2) is 8.18. The summed E-state index contributed by atoms with van der Waals surface area (Å²) >= 11 is 1.40. The lowest BCUT2D eigenvalue weighted by molar-refractivity contribution is 0.289. The molecule has 6 rings (SSSR count). The van der Waals surface area contributed by atoms with E-state index in [1.807, 2.05) is 30.5 Å². The zero-order valence-electron chi connectivity index (χ0n) is 18.9. The maximum absolute atomic E-state index is 6.11.